The molecule has 1 aliphatic heterocycles. The molecule has 1 aromatic heterocycles. The molecule has 49 heavy (non-hydrogen) atoms. The molecule has 2 heterocycles. The number of ether oxygens (including phenoxy) is 1. The summed E-state index contributed by atoms with van der Waals surface area (Å²) >= 11 is 0. The van der Waals surface area contributed by atoms with E-state index in [1.807, 2.05) is 13.8 Å². The SMILES string of the molecule is CC(C(=O)N1CCOCC1C(F)(F)F)c1ccc(NC(=O)C(NC(=O)c2ccnn2C(C)C)C(C2CCCCC2)C2CCCCC2)c(F)c1. The van der Waals surface area contributed by atoms with Gasteiger partial charge in [0.15, 0.2) is 6.04 Å². The van der Waals surface area contributed by atoms with E-state index in [0.29, 0.717) is 5.69 Å². The van der Waals surface area contributed by atoms with Crippen LogP contribution in [0.4, 0.5) is 23.2 Å². The number of hydrogen-bond acceptors (Lipinski definition) is 5. The van der Waals surface area contributed by atoms with Gasteiger partial charge < -0.3 is 20.3 Å². The first-order valence-electron chi connectivity index (χ1n) is 17.8. The van der Waals surface area contributed by atoms with Gasteiger partial charge in [-0.3, -0.25) is 19.1 Å². The van der Waals surface area contributed by atoms with Crippen LogP contribution in [0, 0.1) is 23.6 Å². The molecule has 3 amide bonds. The van der Waals surface area contributed by atoms with Gasteiger partial charge in [-0.1, -0.05) is 70.3 Å². The zero-order valence-electron chi connectivity index (χ0n) is 28.6. The summed E-state index contributed by atoms with van der Waals surface area (Å²) in [5.41, 5.74) is 0.383. The standard InChI is InChI=1S/C36H49F4N5O4/c1-22(2)45-29(16-17-41-45)33(46)43-32(31(24-10-6-4-7-11-24)25-12-8-5-9-13-25)34(47)42-28-15-14-26(20-27(28)37)23(3)35(48)44-18-19-49-21-30(44)36(38,39)40/h14-17,20,22-25,30-32H,4-13,18-19,21H2,1-3H3,(H,42,47)(H,43,46). The third-order valence-corrected chi connectivity index (χ3v) is 10.6. The highest BCUT2D eigenvalue weighted by Gasteiger charge is 2.48. The van der Waals surface area contributed by atoms with Crippen molar-refractivity contribution in [2.24, 2.45) is 17.8 Å². The number of benzene rings is 1. The van der Waals surface area contributed by atoms with Gasteiger partial charge in [-0.2, -0.15) is 18.3 Å². The summed E-state index contributed by atoms with van der Waals surface area (Å²) < 4.78 is 63.2. The molecule has 3 unspecified atom stereocenters. The second-order valence-corrected chi connectivity index (χ2v) is 14.2. The van der Waals surface area contributed by atoms with Crippen LogP contribution in [-0.2, 0) is 14.3 Å². The maximum Gasteiger partial charge on any atom is 0.411 e. The molecule has 13 heteroatoms. The average Bonchev–Trinajstić information content (AvgIpc) is 3.60. The smallest absolute Gasteiger partial charge is 0.377 e. The van der Waals surface area contributed by atoms with Crippen molar-refractivity contribution in [3.63, 3.8) is 0 Å². The van der Waals surface area contributed by atoms with Crippen LogP contribution < -0.4 is 10.6 Å². The summed E-state index contributed by atoms with van der Waals surface area (Å²) in [5, 5.41) is 10.1. The highest BCUT2D eigenvalue weighted by molar-refractivity contribution is 6.01. The van der Waals surface area contributed by atoms with E-state index in [2.05, 4.69) is 15.7 Å². The first-order valence-corrected chi connectivity index (χ1v) is 17.8. The quantitative estimate of drug-likeness (QED) is 0.261. The fourth-order valence-electron chi connectivity index (χ4n) is 8.07. The molecule has 2 saturated carbocycles. The van der Waals surface area contributed by atoms with Crippen molar-refractivity contribution in [2.45, 2.75) is 115 Å². The summed E-state index contributed by atoms with van der Waals surface area (Å²) in [6.07, 6.45) is 7.19. The van der Waals surface area contributed by atoms with E-state index in [0.717, 1.165) is 75.2 Å². The largest absolute Gasteiger partial charge is 0.411 e. The van der Waals surface area contributed by atoms with Crippen molar-refractivity contribution in [1.29, 1.82) is 0 Å². The second kappa shape index (κ2) is 16.0. The molecular formula is C36H49F4N5O4. The molecule has 3 atom stereocenters. The van der Waals surface area contributed by atoms with Crippen LogP contribution in [0.1, 0.15) is 113 Å². The molecule has 5 rings (SSSR count). The predicted molar refractivity (Wildman–Crippen MR) is 176 cm³/mol. The lowest BCUT2D eigenvalue weighted by molar-refractivity contribution is -0.213. The number of carbonyl (C=O) groups is 3. The third kappa shape index (κ3) is 8.64. The summed E-state index contributed by atoms with van der Waals surface area (Å²) in [5.74, 6) is -3.32. The molecule has 3 aliphatic rings. The minimum atomic E-state index is -4.66. The lowest BCUT2D eigenvalue weighted by Gasteiger charge is -2.42. The Bertz CT molecular complexity index is 1430. The normalized spacial score (nSPS) is 21.1. The van der Waals surface area contributed by atoms with E-state index in [1.54, 1.807) is 16.9 Å². The van der Waals surface area contributed by atoms with E-state index in [9.17, 15) is 27.6 Å². The van der Waals surface area contributed by atoms with Gasteiger partial charge in [-0.05, 0) is 62.3 Å². The highest BCUT2D eigenvalue weighted by Crippen LogP contribution is 2.42. The molecular weight excluding hydrogens is 642 g/mol. The number of halogens is 4. The molecule has 0 radical (unpaired) electrons. The molecule has 2 aliphatic carbocycles. The van der Waals surface area contributed by atoms with E-state index in [1.165, 1.54) is 19.1 Å². The monoisotopic (exact) mass is 691 g/mol. The molecule has 0 spiro atoms. The molecule has 0 bridgehead atoms. The van der Waals surface area contributed by atoms with Crippen LogP contribution in [0.5, 0.6) is 0 Å². The van der Waals surface area contributed by atoms with E-state index in [-0.39, 0.29) is 48.2 Å². The van der Waals surface area contributed by atoms with Gasteiger partial charge in [0, 0.05) is 18.8 Å². The number of alkyl halides is 3. The van der Waals surface area contributed by atoms with Crippen LogP contribution in [-0.4, -0.2) is 70.4 Å². The third-order valence-electron chi connectivity index (χ3n) is 10.6. The van der Waals surface area contributed by atoms with Crippen molar-refractivity contribution in [3.05, 3.63) is 47.5 Å². The fourth-order valence-corrected chi connectivity index (χ4v) is 8.07. The van der Waals surface area contributed by atoms with Gasteiger partial charge >= 0.3 is 6.18 Å². The van der Waals surface area contributed by atoms with Gasteiger partial charge in [-0.25, -0.2) is 4.39 Å². The number of hydrogen-bond donors (Lipinski definition) is 2. The van der Waals surface area contributed by atoms with Crippen molar-refractivity contribution >= 4 is 23.4 Å². The molecule has 270 valence electrons. The zero-order valence-corrected chi connectivity index (χ0v) is 28.6. The number of aromatic nitrogens is 2. The Morgan fingerprint density at radius 2 is 1.57 bits per heavy atom. The molecule has 2 aromatic rings. The first-order chi connectivity index (χ1) is 23.4. The van der Waals surface area contributed by atoms with Crippen molar-refractivity contribution in [2.75, 3.05) is 25.1 Å². The van der Waals surface area contributed by atoms with Crippen LogP contribution in [0.3, 0.4) is 0 Å². The summed E-state index contributed by atoms with van der Waals surface area (Å²) in [4.78, 5) is 42.0. The number of amides is 3. The fraction of sp³-hybridized carbons (Fsp3) is 0.667. The maximum atomic E-state index is 15.7. The Morgan fingerprint density at radius 3 is 2.14 bits per heavy atom. The predicted octanol–water partition coefficient (Wildman–Crippen LogP) is 7.01. The van der Waals surface area contributed by atoms with Gasteiger partial charge in [0.1, 0.15) is 17.6 Å². The highest BCUT2D eigenvalue weighted by atomic mass is 19.4. The average molecular weight is 692 g/mol. The molecule has 1 saturated heterocycles. The molecule has 3 fully saturated rings. The Hall–Kier alpha value is -3.48. The Morgan fingerprint density at radius 1 is 0.939 bits per heavy atom. The van der Waals surface area contributed by atoms with Crippen molar-refractivity contribution in [3.8, 4) is 0 Å². The van der Waals surface area contributed by atoms with E-state index >= 15 is 4.39 Å². The number of morpholine rings is 1. The van der Waals surface area contributed by atoms with Gasteiger partial charge in [-0.15, -0.1) is 0 Å². The molecule has 2 N–H and O–H groups in total. The number of carbonyl (C=O) groups excluding carboxylic acids is 3. The summed E-state index contributed by atoms with van der Waals surface area (Å²) in [6.45, 7) is 4.36. The summed E-state index contributed by atoms with van der Waals surface area (Å²) in [6, 6.07) is 2.38. The minimum absolute atomic E-state index is 0.0232. The second-order valence-electron chi connectivity index (χ2n) is 14.2. The van der Waals surface area contributed by atoms with Crippen LogP contribution in [0.25, 0.3) is 0 Å². The summed E-state index contributed by atoms with van der Waals surface area (Å²) in [7, 11) is 0. The van der Waals surface area contributed by atoms with E-state index < -0.39 is 54.3 Å². The Labute approximate surface area is 285 Å². The molecule has 1 aromatic carbocycles. The maximum absolute atomic E-state index is 15.7. The lowest BCUT2D eigenvalue weighted by Crippen LogP contribution is -2.56. The van der Waals surface area contributed by atoms with Crippen molar-refractivity contribution < 1.29 is 36.7 Å². The Balaban J connectivity index is 1.40. The van der Waals surface area contributed by atoms with Crippen LogP contribution >= 0.6 is 0 Å². The number of anilines is 1. The zero-order chi connectivity index (χ0) is 35.3. The topological polar surface area (TPSA) is 106 Å². The van der Waals surface area contributed by atoms with Gasteiger partial charge in [0.2, 0.25) is 11.8 Å². The lowest BCUT2D eigenvalue weighted by atomic mass is 9.66. The van der Waals surface area contributed by atoms with Crippen LogP contribution in [0.2, 0.25) is 0 Å². The minimum Gasteiger partial charge on any atom is -0.377 e. The van der Waals surface area contributed by atoms with Crippen LogP contribution in [0.15, 0.2) is 30.5 Å². The first kappa shape index (κ1) is 36.8. The van der Waals surface area contributed by atoms with Crippen molar-refractivity contribution in [1.82, 2.24) is 20.0 Å². The van der Waals surface area contributed by atoms with Gasteiger partial charge in [0.05, 0.1) is 24.8 Å². The van der Waals surface area contributed by atoms with E-state index in [4.69, 9.17) is 4.74 Å². The number of nitrogens with one attached hydrogen (secondary N) is 2. The number of nitrogens with zero attached hydrogens (tertiary/aromatic N) is 3. The Kier molecular flexibility index (Phi) is 12.0. The number of rotatable bonds is 10. The van der Waals surface area contributed by atoms with Gasteiger partial charge in [0.25, 0.3) is 5.91 Å². The molecule has 9 nitrogen and oxygen atoms in total.